The number of aromatic nitrogens is 2. The molecule has 3 aromatic heterocycles. The van der Waals surface area contributed by atoms with Crippen LogP contribution in [0.2, 0.25) is 0 Å². The fourth-order valence-electron chi connectivity index (χ4n) is 5.94. The van der Waals surface area contributed by atoms with Gasteiger partial charge in [-0.25, -0.2) is 0 Å². The molecule has 0 fully saturated rings. The van der Waals surface area contributed by atoms with Gasteiger partial charge < -0.3 is 14.4 Å². The standard InChI is InChI=1S/C24H16NO.C20H18N.Ir/c1-16-13-22(25-15-21(16)17-7-3-2-4-8-17)18-11-12-24-20(14-18)19-9-5-6-10-23(19)26-24;1-20(2,17-11-7-4-8-12-17)18-13-14-19(21-15-18)16-9-5-3-6-10-16;/h2-10,12-15H,1H3;3-9,11-15H,1-2H3;/q2*-1;. The minimum atomic E-state index is -0.0484. The van der Waals surface area contributed by atoms with E-state index in [-0.39, 0.29) is 25.5 Å². The number of furan rings is 1. The molecule has 8 rings (SSSR count). The quantitative estimate of drug-likeness (QED) is 0.163. The largest absolute Gasteiger partial charge is 0.500 e. The summed E-state index contributed by atoms with van der Waals surface area (Å²) in [5, 5.41) is 2.22. The second-order valence-corrected chi connectivity index (χ2v) is 12.2. The second-order valence-electron chi connectivity index (χ2n) is 12.2. The molecule has 0 unspecified atom stereocenters. The van der Waals surface area contributed by atoms with Crippen LogP contribution in [0.15, 0.2) is 156 Å². The summed E-state index contributed by atoms with van der Waals surface area (Å²) in [7, 11) is 0. The normalized spacial score (nSPS) is 11.1. The molecule has 8 aromatic rings. The van der Waals surface area contributed by atoms with Crippen LogP contribution in [0.25, 0.3) is 55.6 Å². The molecule has 0 aliphatic heterocycles. The van der Waals surface area contributed by atoms with E-state index in [1.54, 1.807) is 0 Å². The van der Waals surface area contributed by atoms with E-state index >= 15 is 0 Å². The van der Waals surface area contributed by atoms with Crippen molar-refractivity contribution in [3.05, 3.63) is 181 Å². The van der Waals surface area contributed by atoms with E-state index < -0.39 is 0 Å². The van der Waals surface area contributed by atoms with Crippen LogP contribution in [0.3, 0.4) is 0 Å². The van der Waals surface area contributed by atoms with Crippen molar-refractivity contribution in [3.63, 3.8) is 0 Å². The van der Waals surface area contributed by atoms with Gasteiger partial charge in [0.1, 0.15) is 5.58 Å². The summed E-state index contributed by atoms with van der Waals surface area (Å²) in [5.74, 6) is 0. The first-order valence-electron chi connectivity index (χ1n) is 15.8. The Morgan fingerprint density at radius 1 is 0.583 bits per heavy atom. The maximum absolute atomic E-state index is 5.89. The molecule has 0 saturated carbocycles. The molecule has 237 valence electrons. The van der Waals surface area contributed by atoms with Gasteiger partial charge >= 0.3 is 0 Å². The van der Waals surface area contributed by atoms with Gasteiger partial charge in [0.15, 0.2) is 0 Å². The minimum absolute atomic E-state index is 0. The van der Waals surface area contributed by atoms with Gasteiger partial charge in [-0.15, -0.1) is 59.7 Å². The Morgan fingerprint density at radius 2 is 1.29 bits per heavy atom. The molecule has 0 atom stereocenters. The molecular weight excluding hydrogens is 765 g/mol. The molecule has 0 saturated heterocycles. The molecule has 0 N–H and O–H groups in total. The maximum atomic E-state index is 5.89. The zero-order valence-corrected chi connectivity index (χ0v) is 29.5. The van der Waals surface area contributed by atoms with E-state index in [9.17, 15) is 0 Å². The average molecular weight is 799 g/mol. The Balaban J connectivity index is 0.000000168. The first-order valence-corrected chi connectivity index (χ1v) is 15.8. The Bertz CT molecular complexity index is 2260. The monoisotopic (exact) mass is 799 g/mol. The zero-order chi connectivity index (χ0) is 32.2. The van der Waals surface area contributed by atoms with Gasteiger partial charge in [0.05, 0.1) is 5.58 Å². The van der Waals surface area contributed by atoms with Gasteiger partial charge in [0.2, 0.25) is 0 Å². The third kappa shape index (κ3) is 6.78. The van der Waals surface area contributed by atoms with Crippen molar-refractivity contribution in [2.24, 2.45) is 0 Å². The number of pyridine rings is 2. The van der Waals surface area contributed by atoms with Crippen molar-refractivity contribution in [1.29, 1.82) is 0 Å². The number of para-hydroxylation sites is 1. The van der Waals surface area contributed by atoms with E-state index in [1.807, 2.05) is 73.1 Å². The van der Waals surface area contributed by atoms with Gasteiger partial charge in [0.25, 0.3) is 0 Å². The van der Waals surface area contributed by atoms with E-state index in [2.05, 4.69) is 117 Å². The van der Waals surface area contributed by atoms with Crippen LogP contribution < -0.4 is 0 Å². The number of nitrogens with zero attached hydrogens (tertiary/aromatic N) is 2. The summed E-state index contributed by atoms with van der Waals surface area (Å²) in [6.45, 7) is 6.58. The van der Waals surface area contributed by atoms with Crippen molar-refractivity contribution in [3.8, 4) is 33.6 Å². The predicted molar refractivity (Wildman–Crippen MR) is 193 cm³/mol. The van der Waals surface area contributed by atoms with E-state index in [1.165, 1.54) is 22.3 Å². The molecule has 0 aliphatic rings. The fraction of sp³-hybridized carbons (Fsp3) is 0.0909. The molecule has 48 heavy (non-hydrogen) atoms. The van der Waals surface area contributed by atoms with Crippen LogP contribution in [0.4, 0.5) is 0 Å². The smallest absolute Gasteiger partial charge is 0.120 e. The number of benzene rings is 5. The molecular formula is C44H34IrN2O-2. The summed E-state index contributed by atoms with van der Waals surface area (Å²) >= 11 is 0. The zero-order valence-electron chi connectivity index (χ0n) is 27.1. The van der Waals surface area contributed by atoms with E-state index in [0.717, 1.165) is 50.0 Å². The third-order valence-electron chi connectivity index (χ3n) is 8.75. The van der Waals surface area contributed by atoms with Crippen molar-refractivity contribution in [1.82, 2.24) is 9.97 Å². The van der Waals surface area contributed by atoms with Crippen LogP contribution in [-0.2, 0) is 25.5 Å². The predicted octanol–water partition coefficient (Wildman–Crippen LogP) is 11.3. The van der Waals surface area contributed by atoms with Gasteiger partial charge in [-0.2, -0.15) is 0 Å². The summed E-state index contributed by atoms with van der Waals surface area (Å²) in [5.41, 5.74) is 11.7. The summed E-state index contributed by atoms with van der Waals surface area (Å²) in [6.07, 6.45) is 3.93. The molecule has 4 heteroatoms. The van der Waals surface area contributed by atoms with Crippen molar-refractivity contribution in [2.75, 3.05) is 0 Å². The number of rotatable bonds is 5. The fourth-order valence-corrected chi connectivity index (χ4v) is 5.94. The third-order valence-corrected chi connectivity index (χ3v) is 8.75. The van der Waals surface area contributed by atoms with E-state index in [0.29, 0.717) is 0 Å². The molecule has 3 heterocycles. The first-order chi connectivity index (χ1) is 23.0. The minimum Gasteiger partial charge on any atom is -0.500 e. The molecule has 3 nitrogen and oxygen atoms in total. The van der Waals surface area contributed by atoms with Crippen molar-refractivity contribution < 1.29 is 24.5 Å². The Morgan fingerprint density at radius 3 is 2.00 bits per heavy atom. The van der Waals surface area contributed by atoms with Crippen LogP contribution in [0, 0.1) is 19.1 Å². The summed E-state index contributed by atoms with van der Waals surface area (Å²) in [6, 6.07) is 53.8. The van der Waals surface area contributed by atoms with Crippen LogP contribution in [-0.4, -0.2) is 9.97 Å². The molecule has 0 spiro atoms. The molecule has 0 aliphatic carbocycles. The topological polar surface area (TPSA) is 38.9 Å². The van der Waals surface area contributed by atoms with E-state index in [4.69, 9.17) is 9.40 Å². The molecule has 0 bridgehead atoms. The SMILES string of the molecule is CC(C)(c1ccccc1)c1ccc(-c2[c-]cccc2)nc1.Cc1cc(-c2[c-]cc3oc4ccccc4c3c2)ncc1-c1ccccc1.[Ir]. The Kier molecular flexibility index (Phi) is 9.77. The first kappa shape index (κ1) is 32.8. The van der Waals surface area contributed by atoms with Crippen LogP contribution >= 0.6 is 0 Å². The molecule has 1 radical (unpaired) electrons. The molecule has 5 aromatic carbocycles. The van der Waals surface area contributed by atoms with Crippen molar-refractivity contribution >= 4 is 21.9 Å². The Labute approximate surface area is 295 Å². The Hall–Kier alpha value is -5.15. The maximum Gasteiger partial charge on any atom is 0.120 e. The number of hydrogen-bond donors (Lipinski definition) is 0. The second kappa shape index (κ2) is 14.3. The van der Waals surface area contributed by atoms with Crippen LogP contribution in [0.5, 0.6) is 0 Å². The van der Waals surface area contributed by atoms with Gasteiger partial charge in [-0.1, -0.05) is 116 Å². The summed E-state index contributed by atoms with van der Waals surface area (Å²) in [4.78, 5) is 9.31. The van der Waals surface area contributed by atoms with Gasteiger partial charge in [0, 0.05) is 48.9 Å². The summed E-state index contributed by atoms with van der Waals surface area (Å²) < 4.78 is 5.89. The van der Waals surface area contributed by atoms with Gasteiger partial charge in [-0.3, -0.25) is 0 Å². The van der Waals surface area contributed by atoms with Gasteiger partial charge in [-0.05, 0) is 46.6 Å². The number of fused-ring (bicyclic) bond motifs is 3. The number of aryl methyl sites for hydroxylation is 1. The average Bonchev–Trinajstić information content (AvgIpc) is 3.51. The number of hydrogen-bond acceptors (Lipinski definition) is 3. The van der Waals surface area contributed by atoms with Crippen molar-refractivity contribution in [2.45, 2.75) is 26.2 Å². The van der Waals surface area contributed by atoms with Crippen LogP contribution in [0.1, 0.15) is 30.5 Å². The molecule has 0 amide bonds.